The Bertz CT molecular complexity index is 4320. The monoisotopic (exact) mass is 905 g/mol. The third-order valence-corrected chi connectivity index (χ3v) is 15.3. The molecule has 0 unspecified atom stereocenters. The highest BCUT2D eigenvalue weighted by molar-refractivity contribution is 6.26. The number of hydrogen-bond donors (Lipinski definition) is 0. The van der Waals surface area contributed by atoms with E-state index >= 15 is 0 Å². The molecule has 0 saturated carbocycles. The molecule has 1 aliphatic rings. The summed E-state index contributed by atoms with van der Waals surface area (Å²) in [4.78, 5) is 16.2. The molecule has 14 aromatic rings. The minimum absolute atomic E-state index is 0.118. The first-order valence-corrected chi connectivity index (χ1v) is 24.4. The van der Waals surface area contributed by atoms with Gasteiger partial charge in [-0.3, -0.25) is 0 Å². The summed E-state index contributed by atoms with van der Waals surface area (Å²) < 4.78 is 4.78. The smallest absolute Gasteiger partial charge is 0.164 e. The van der Waals surface area contributed by atoms with Crippen molar-refractivity contribution in [2.75, 3.05) is 0 Å². The zero-order valence-electron chi connectivity index (χ0n) is 39.1. The molecule has 11 aromatic carbocycles. The van der Waals surface area contributed by atoms with Crippen LogP contribution in [0.5, 0.6) is 0 Å². The van der Waals surface area contributed by atoms with Crippen molar-refractivity contribution in [1.82, 2.24) is 24.1 Å². The molecule has 5 nitrogen and oxygen atoms in total. The zero-order valence-corrected chi connectivity index (χ0v) is 39.1. The predicted octanol–water partition coefficient (Wildman–Crippen LogP) is 16.8. The molecule has 0 N–H and O–H groups in total. The molecule has 0 fully saturated rings. The van der Waals surface area contributed by atoms with Gasteiger partial charge in [0.25, 0.3) is 0 Å². The molecule has 0 saturated heterocycles. The molecule has 0 bridgehead atoms. The van der Waals surface area contributed by atoms with Crippen LogP contribution in [0, 0.1) is 0 Å². The Hall–Kier alpha value is -9.19. The molecule has 0 amide bonds. The Morgan fingerprint density at radius 1 is 0.282 bits per heavy atom. The van der Waals surface area contributed by atoms with Crippen molar-refractivity contribution < 1.29 is 0 Å². The van der Waals surface area contributed by atoms with Crippen LogP contribution in [0.2, 0.25) is 0 Å². The summed E-state index contributed by atoms with van der Waals surface area (Å²) in [5, 5.41) is 12.2. The van der Waals surface area contributed by atoms with E-state index in [0.29, 0.717) is 17.5 Å². The second-order valence-corrected chi connectivity index (χ2v) is 19.6. The maximum atomic E-state index is 5.49. The highest BCUT2D eigenvalue weighted by Crippen LogP contribution is 2.51. The van der Waals surface area contributed by atoms with Crippen LogP contribution in [0.3, 0.4) is 0 Å². The molecule has 0 aliphatic heterocycles. The van der Waals surface area contributed by atoms with Crippen LogP contribution in [0.15, 0.2) is 224 Å². The molecule has 15 rings (SSSR count). The van der Waals surface area contributed by atoms with Gasteiger partial charge in [0.2, 0.25) is 0 Å². The van der Waals surface area contributed by atoms with Crippen molar-refractivity contribution in [3.05, 3.63) is 236 Å². The van der Waals surface area contributed by atoms with Gasteiger partial charge in [0.15, 0.2) is 17.5 Å². The summed E-state index contributed by atoms with van der Waals surface area (Å²) in [6.07, 6.45) is 0. The van der Waals surface area contributed by atoms with Gasteiger partial charge < -0.3 is 9.13 Å². The molecule has 3 heterocycles. The van der Waals surface area contributed by atoms with Gasteiger partial charge in [0.05, 0.1) is 22.1 Å². The lowest BCUT2D eigenvalue weighted by Crippen LogP contribution is -2.14. The number of rotatable bonds is 5. The lowest BCUT2D eigenvalue weighted by Gasteiger charge is -2.22. The number of para-hydroxylation sites is 4. The normalized spacial score (nSPS) is 13.0. The highest BCUT2D eigenvalue weighted by Gasteiger charge is 2.36. The summed E-state index contributed by atoms with van der Waals surface area (Å²) in [5.41, 5.74) is 14.6. The van der Waals surface area contributed by atoms with E-state index in [0.717, 1.165) is 50.1 Å². The van der Waals surface area contributed by atoms with E-state index in [1.807, 2.05) is 18.2 Å². The fourth-order valence-electron chi connectivity index (χ4n) is 12.0. The van der Waals surface area contributed by atoms with Crippen LogP contribution in [-0.2, 0) is 5.41 Å². The summed E-state index contributed by atoms with van der Waals surface area (Å²) >= 11 is 0. The Balaban J connectivity index is 0.990. The summed E-state index contributed by atoms with van der Waals surface area (Å²) in [7, 11) is 0. The Kier molecular flexibility index (Phi) is 8.35. The molecule has 0 spiro atoms. The van der Waals surface area contributed by atoms with Gasteiger partial charge >= 0.3 is 0 Å². The van der Waals surface area contributed by atoms with Crippen molar-refractivity contribution in [2.45, 2.75) is 19.3 Å². The summed E-state index contributed by atoms with van der Waals surface area (Å²) in [5.74, 6) is 1.83. The van der Waals surface area contributed by atoms with Crippen molar-refractivity contribution in [1.29, 1.82) is 0 Å². The van der Waals surface area contributed by atoms with Gasteiger partial charge in [0.1, 0.15) is 0 Å². The fourth-order valence-corrected chi connectivity index (χ4v) is 12.0. The number of aromatic nitrogens is 5. The maximum absolute atomic E-state index is 5.49. The Morgan fingerprint density at radius 3 is 1.27 bits per heavy atom. The van der Waals surface area contributed by atoms with E-state index in [2.05, 4.69) is 229 Å². The minimum atomic E-state index is -0.118. The Morgan fingerprint density at radius 2 is 0.704 bits per heavy atom. The van der Waals surface area contributed by atoms with Gasteiger partial charge in [-0.1, -0.05) is 178 Å². The van der Waals surface area contributed by atoms with Crippen LogP contribution in [0.4, 0.5) is 0 Å². The third-order valence-electron chi connectivity index (χ3n) is 15.3. The van der Waals surface area contributed by atoms with Crippen LogP contribution < -0.4 is 0 Å². The molecule has 0 radical (unpaired) electrons. The van der Waals surface area contributed by atoms with Gasteiger partial charge in [-0.2, -0.15) is 0 Å². The van der Waals surface area contributed by atoms with Crippen molar-refractivity contribution in [3.8, 4) is 56.7 Å². The number of fused-ring (bicyclic) bond motifs is 15. The van der Waals surface area contributed by atoms with Crippen molar-refractivity contribution in [3.63, 3.8) is 0 Å². The van der Waals surface area contributed by atoms with Crippen LogP contribution >= 0.6 is 0 Å². The number of nitrogens with zero attached hydrogens (tertiary/aromatic N) is 5. The standard InChI is InChI=1S/C66H43N5/c1-66(2)57-27-13-8-22-48(57)56-38-54-46-21-7-6-20-45(46)53-36-41(32-33-47(53)55(54)39-58(56)66)64-67-63(40-18-4-3-5-19-40)68-65(69-64)42-34-43(70-59-28-14-9-23-49(59)50-24-10-15-29-60(50)70)37-44(35-42)71-61-30-16-11-25-51(61)52-26-12-17-31-62(52)71/h3-39H,1-2H3. The molecule has 3 aromatic heterocycles. The third kappa shape index (κ3) is 5.84. The quantitative estimate of drug-likeness (QED) is 0.162. The van der Waals surface area contributed by atoms with Gasteiger partial charge in [0, 0.05) is 55.0 Å². The number of hydrogen-bond acceptors (Lipinski definition) is 3. The molecule has 5 heteroatoms. The summed E-state index contributed by atoms with van der Waals surface area (Å²) in [6.45, 7) is 4.72. The van der Waals surface area contributed by atoms with Crippen LogP contribution in [0.25, 0.3) is 133 Å². The average Bonchev–Trinajstić information content (AvgIpc) is 4.03. The first-order chi connectivity index (χ1) is 35.0. The average molecular weight is 906 g/mol. The molecular formula is C66H43N5. The van der Waals surface area contributed by atoms with E-state index in [9.17, 15) is 0 Å². The highest BCUT2D eigenvalue weighted by atomic mass is 15.0. The Labute approximate surface area is 409 Å². The van der Waals surface area contributed by atoms with Crippen LogP contribution in [-0.4, -0.2) is 24.1 Å². The van der Waals surface area contributed by atoms with E-state index in [1.54, 1.807) is 0 Å². The van der Waals surface area contributed by atoms with E-state index in [-0.39, 0.29) is 5.41 Å². The van der Waals surface area contributed by atoms with Crippen molar-refractivity contribution >= 4 is 75.9 Å². The molecule has 332 valence electrons. The van der Waals surface area contributed by atoms with E-state index < -0.39 is 0 Å². The van der Waals surface area contributed by atoms with Gasteiger partial charge in [-0.05, 0) is 115 Å². The fraction of sp³-hybridized carbons (Fsp3) is 0.0455. The molecule has 0 atom stereocenters. The second kappa shape index (κ2) is 14.9. The second-order valence-electron chi connectivity index (χ2n) is 19.6. The first kappa shape index (κ1) is 39.8. The lowest BCUT2D eigenvalue weighted by molar-refractivity contribution is 0.661. The lowest BCUT2D eigenvalue weighted by atomic mass is 9.81. The topological polar surface area (TPSA) is 48.5 Å². The zero-order chi connectivity index (χ0) is 47.0. The summed E-state index contributed by atoms with van der Waals surface area (Å²) in [6, 6.07) is 81.3. The van der Waals surface area contributed by atoms with E-state index in [1.165, 1.54) is 76.1 Å². The SMILES string of the molecule is CC1(C)c2ccccc2-c2cc3c4ccccc4c4cc(-c5nc(-c6ccccc6)nc(-c6cc(-n7c8ccccc8c8ccccc87)cc(-n7c8ccccc8c8ccccc87)c6)n5)ccc4c3cc21. The van der Waals surface area contributed by atoms with Crippen LogP contribution in [0.1, 0.15) is 25.0 Å². The van der Waals surface area contributed by atoms with Gasteiger partial charge in [-0.15, -0.1) is 0 Å². The largest absolute Gasteiger partial charge is 0.309 e. The minimum Gasteiger partial charge on any atom is -0.309 e. The molecule has 71 heavy (non-hydrogen) atoms. The maximum Gasteiger partial charge on any atom is 0.164 e. The number of benzene rings is 11. The molecule has 1 aliphatic carbocycles. The van der Waals surface area contributed by atoms with E-state index in [4.69, 9.17) is 15.0 Å². The molecular weight excluding hydrogens is 863 g/mol. The first-order valence-electron chi connectivity index (χ1n) is 24.4. The van der Waals surface area contributed by atoms with Gasteiger partial charge in [-0.25, -0.2) is 15.0 Å². The predicted molar refractivity (Wildman–Crippen MR) is 295 cm³/mol. The van der Waals surface area contributed by atoms with Crippen molar-refractivity contribution in [2.24, 2.45) is 0 Å².